The first-order valence-electron chi connectivity index (χ1n) is 8.62. The largest absolute Gasteiger partial charge is 0.435 e. The zero-order valence-electron chi connectivity index (χ0n) is 15.5. The molecule has 4 nitrogen and oxygen atoms in total. The Bertz CT molecular complexity index is 1020. The molecule has 2 aromatic carbocycles. The molecule has 0 fully saturated rings. The second-order valence-electron chi connectivity index (χ2n) is 6.33. The monoisotopic (exact) mass is 439 g/mol. The van der Waals surface area contributed by atoms with Crippen molar-refractivity contribution < 1.29 is 18.0 Å². The lowest BCUT2D eigenvalue weighted by molar-refractivity contribution is -0.141. The number of aromatic nitrogens is 2. The Labute approximate surface area is 175 Å². The van der Waals surface area contributed by atoms with Gasteiger partial charge in [0, 0.05) is 20.5 Å². The molecule has 152 valence electrons. The normalized spacial score (nSPS) is 12.6. The van der Waals surface area contributed by atoms with Gasteiger partial charge in [0.05, 0.1) is 5.69 Å². The molecule has 1 unspecified atom stereocenters. The van der Waals surface area contributed by atoms with Crippen LogP contribution in [0.15, 0.2) is 64.4 Å². The maximum Gasteiger partial charge on any atom is 0.435 e. The van der Waals surface area contributed by atoms with Crippen molar-refractivity contribution in [3.63, 3.8) is 0 Å². The summed E-state index contributed by atoms with van der Waals surface area (Å²) in [5.41, 5.74) is -0.206. The summed E-state index contributed by atoms with van der Waals surface area (Å²) in [5.74, 6) is -0.464. The zero-order valence-corrected chi connectivity index (χ0v) is 17.1. The second-order valence-corrected chi connectivity index (χ2v) is 7.88. The number of aryl methyl sites for hydroxylation is 1. The van der Waals surface area contributed by atoms with Gasteiger partial charge in [-0.3, -0.25) is 9.48 Å². The molecule has 3 rings (SSSR count). The van der Waals surface area contributed by atoms with Crippen molar-refractivity contribution in [2.45, 2.75) is 35.9 Å². The lowest BCUT2D eigenvalue weighted by Gasteiger charge is -2.16. The van der Waals surface area contributed by atoms with Gasteiger partial charge in [-0.2, -0.15) is 18.3 Å². The van der Waals surface area contributed by atoms with Crippen LogP contribution in [-0.4, -0.2) is 15.7 Å². The first kappa shape index (κ1) is 21.3. The van der Waals surface area contributed by atoms with Crippen LogP contribution in [-0.2, 0) is 11.0 Å². The fraction of sp³-hybridized carbons (Fsp3) is 0.200. The summed E-state index contributed by atoms with van der Waals surface area (Å²) < 4.78 is 39.7. The van der Waals surface area contributed by atoms with Crippen molar-refractivity contribution in [2.75, 3.05) is 5.32 Å². The number of rotatable bonds is 5. The summed E-state index contributed by atoms with van der Waals surface area (Å²) in [6.45, 7) is 2.99. The molecule has 0 aliphatic rings. The molecule has 0 radical (unpaired) electrons. The molecule has 1 amide bonds. The van der Waals surface area contributed by atoms with E-state index in [1.54, 1.807) is 24.3 Å². The van der Waals surface area contributed by atoms with Gasteiger partial charge in [-0.05, 0) is 56.3 Å². The van der Waals surface area contributed by atoms with Crippen LogP contribution in [0.2, 0.25) is 5.02 Å². The fourth-order valence-electron chi connectivity index (χ4n) is 2.66. The highest BCUT2D eigenvalue weighted by atomic mass is 35.5. The number of hydrogen-bond donors (Lipinski definition) is 1. The summed E-state index contributed by atoms with van der Waals surface area (Å²) in [6.07, 6.45) is -4.56. The van der Waals surface area contributed by atoms with Crippen molar-refractivity contribution >= 4 is 35.0 Å². The van der Waals surface area contributed by atoms with Crippen LogP contribution in [0.25, 0.3) is 0 Å². The van der Waals surface area contributed by atoms with Gasteiger partial charge in [0.15, 0.2) is 5.69 Å². The van der Waals surface area contributed by atoms with Gasteiger partial charge in [0.25, 0.3) is 0 Å². The standard InChI is InChI=1S/C20H17ClF3N3OS/c1-12-11-18(20(22,23)24)26-27(12)13(2)19(28)25-16-5-3-4-6-17(16)29-15-9-7-14(21)8-10-15/h3-11,13H,1-2H3,(H,25,28). The number of nitrogens with one attached hydrogen (secondary N) is 1. The van der Waals surface area contributed by atoms with Crippen molar-refractivity contribution in [1.82, 2.24) is 9.78 Å². The fourth-order valence-corrected chi connectivity index (χ4v) is 3.68. The van der Waals surface area contributed by atoms with Crippen molar-refractivity contribution in [2.24, 2.45) is 0 Å². The number of para-hydroxylation sites is 1. The minimum Gasteiger partial charge on any atom is -0.323 e. The number of hydrogen-bond acceptors (Lipinski definition) is 3. The Balaban J connectivity index is 1.79. The van der Waals surface area contributed by atoms with Crippen molar-refractivity contribution in [3.05, 3.63) is 71.0 Å². The average molecular weight is 440 g/mol. The number of alkyl halides is 3. The Morgan fingerprint density at radius 3 is 2.45 bits per heavy atom. The third kappa shape index (κ3) is 5.13. The van der Waals surface area contributed by atoms with Gasteiger partial charge in [-0.25, -0.2) is 0 Å². The van der Waals surface area contributed by atoms with E-state index in [-0.39, 0.29) is 5.69 Å². The summed E-state index contributed by atoms with van der Waals surface area (Å²) in [5, 5.41) is 6.97. The van der Waals surface area contributed by atoms with Crippen molar-refractivity contribution in [1.29, 1.82) is 0 Å². The number of amides is 1. The summed E-state index contributed by atoms with van der Waals surface area (Å²) >= 11 is 7.34. The molecule has 0 saturated heterocycles. The Hall–Kier alpha value is -2.45. The molecular weight excluding hydrogens is 423 g/mol. The molecule has 1 heterocycles. The van der Waals surface area contributed by atoms with E-state index in [4.69, 9.17) is 11.6 Å². The molecule has 0 saturated carbocycles. The highest BCUT2D eigenvalue weighted by Crippen LogP contribution is 2.34. The molecular formula is C20H17ClF3N3OS. The molecule has 0 bridgehead atoms. The predicted molar refractivity (Wildman–Crippen MR) is 107 cm³/mol. The van der Waals surface area contributed by atoms with E-state index in [2.05, 4.69) is 10.4 Å². The first-order chi connectivity index (χ1) is 13.6. The average Bonchev–Trinajstić information content (AvgIpc) is 3.06. The molecule has 1 atom stereocenters. The van der Waals surface area contributed by atoms with Crippen LogP contribution >= 0.6 is 23.4 Å². The van der Waals surface area contributed by atoms with Gasteiger partial charge in [0.1, 0.15) is 6.04 Å². The van der Waals surface area contributed by atoms with Crippen LogP contribution in [0.3, 0.4) is 0 Å². The number of carbonyl (C=O) groups excluding carboxylic acids is 1. The number of anilines is 1. The number of benzene rings is 2. The second kappa shape index (κ2) is 8.51. The highest BCUT2D eigenvalue weighted by Gasteiger charge is 2.35. The minimum atomic E-state index is -4.56. The minimum absolute atomic E-state index is 0.254. The number of nitrogens with zero attached hydrogens (tertiary/aromatic N) is 2. The quantitative estimate of drug-likeness (QED) is 0.513. The molecule has 1 N–H and O–H groups in total. The van der Waals surface area contributed by atoms with Crippen LogP contribution < -0.4 is 5.32 Å². The summed E-state index contributed by atoms with van der Waals surface area (Å²) in [6, 6.07) is 14.5. The first-order valence-corrected chi connectivity index (χ1v) is 9.81. The molecule has 0 aliphatic carbocycles. The molecule has 0 aliphatic heterocycles. The third-order valence-corrected chi connectivity index (χ3v) is 5.48. The lowest BCUT2D eigenvalue weighted by Crippen LogP contribution is -2.25. The maximum atomic E-state index is 12.9. The molecule has 1 aromatic heterocycles. The van der Waals surface area contributed by atoms with Gasteiger partial charge >= 0.3 is 6.18 Å². The topological polar surface area (TPSA) is 46.9 Å². The highest BCUT2D eigenvalue weighted by molar-refractivity contribution is 7.99. The van der Waals surface area contributed by atoms with Crippen LogP contribution in [0.1, 0.15) is 24.4 Å². The Morgan fingerprint density at radius 2 is 1.83 bits per heavy atom. The number of halogens is 4. The van der Waals surface area contributed by atoms with Crippen LogP contribution in [0, 0.1) is 6.92 Å². The summed E-state index contributed by atoms with van der Waals surface area (Å²) in [7, 11) is 0. The SMILES string of the molecule is Cc1cc(C(F)(F)F)nn1C(C)C(=O)Nc1ccccc1Sc1ccc(Cl)cc1. The van der Waals surface area contributed by atoms with Crippen LogP contribution in [0.5, 0.6) is 0 Å². The van der Waals surface area contributed by atoms with E-state index >= 15 is 0 Å². The van der Waals surface area contributed by atoms with E-state index < -0.39 is 23.8 Å². The smallest absolute Gasteiger partial charge is 0.323 e. The molecule has 9 heteroatoms. The van der Waals surface area contributed by atoms with E-state index in [0.29, 0.717) is 10.7 Å². The molecule has 3 aromatic rings. The maximum absolute atomic E-state index is 12.9. The van der Waals surface area contributed by atoms with Crippen LogP contribution in [0.4, 0.5) is 18.9 Å². The van der Waals surface area contributed by atoms with E-state index in [9.17, 15) is 18.0 Å². The predicted octanol–water partition coefficient (Wildman–Crippen LogP) is 6.21. The summed E-state index contributed by atoms with van der Waals surface area (Å²) in [4.78, 5) is 14.4. The lowest BCUT2D eigenvalue weighted by atomic mass is 10.2. The Morgan fingerprint density at radius 1 is 1.17 bits per heavy atom. The third-order valence-electron chi connectivity index (χ3n) is 4.15. The molecule has 29 heavy (non-hydrogen) atoms. The molecule has 0 spiro atoms. The number of carbonyl (C=O) groups is 1. The van der Waals surface area contributed by atoms with E-state index in [0.717, 1.165) is 20.5 Å². The Kier molecular flexibility index (Phi) is 6.24. The van der Waals surface area contributed by atoms with Gasteiger partial charge in [-0.1, -0.05) is 35.5 Å². The zero-order chi connectivity index (χ0) is 21.2. The van der Waals surface area contributed by atoms with Gasteiger partial charge in [0.2, 0.25) is 5.91 Å². The van der Waals surface area contributed by atoms with Gasteiger partial charge in [-0.15, -0.1) is 0 Å². The van der Waals surface area contributed by atoms with E-state index in [1.807, 2.05) is 24.3 Å². The van der Waals surface area contributed by atoms with Gasteiger partial charge < -0.3 is 5.32 Å². The van der Waals surface area contributed by atoms with Crippen molar-refractivity contribution in [3.8, 4) is 0 Å². The van der Waals surface area contributed by atoms with E-state index in [1.165, 1.54) is 25.6 Å².